The van der Waals surface area contributed by atoms with Crippen molar-refractivity contribution in [3.63, 3.8) is 0 Å². The largest absolute Gasteiger partial charge is 0.497 e. The Labute approximate surface area is 152 Å². The molecule has 6 nitrogen and oxygen atoms in total. The van der Waals surface area contributed by atoms with E-state index in [0.29, 0.717) is 11.4 Å². The maximum atomic E-state index is 13.3. The highest BCUT2D eigenvalue weighted by molar-refractivity contribution is 7.91. The molecular weight excluding hydrogens is 352 g/mol. The molecule has 0 unspecified atom stereocenters. The Morgan fingerprint density at radius 2 is 1.58 bits per heavy atom. The fourth-order valence-corrected chi connectivity index (χ4v) is 5.78. The number of fused-ring (bicyclic) bond motifs is 1. The van der Waals surface area contributed by atoms with Crippen LogP contribution in [0.4, 0.5) is 16.2 Å². The van der Waals surface area contributed by atoms with Crippen molar-refractivity contribution >= 4 is 27.2 Å². The van der Waals surface area contributed by atoms with Crippen molar-refractivity contribution in [3.8, 4) is 5.75 Å². The lowest BCUT2D eigenvalue weighted by atomic mass is 10.1. The van der Waals surface area contributed by atoms with E-state index in [0.717, 1.165) is 11.3 Å². The number of hydrogen-bond acceptors (Lipinski definition) is 4. The second-order valence-corrected chi connectivity index (χ2v) is 8.87. The zero-order valence-corrected chi connectivity index (χ0v) is 15.4. The Kier molecular flexibility index (Phi) is 3.91. The van der Waals surface area contributed by atoms with Crippen molar-refractivity contribution in [2.24, 2.45) is 0 Å². The van der Waals surface area contributed by atoms with Gasteiger partial charge in [0.2, 0.25) is 0 Å². The highest BCUT2D eigenvalue weighted by Gasteiger charge is 2.54. The van der Waals surface area contributed by atoms with E-state index < -0.39 is 9.84 Å². The number of methoxy groups -OCH3 is 1. The number of anilines is 2. The van der Waals surface area contributed by atoms with Gasteiger partial charge in [-0.1, -0.05) is 18.2 Å². The van der Waals surface area contributed by atoms with E-state index in [2.05, 4.69) is 0 Å². The molecule has 2 aromatic rings. The zero-order valence-electron chi connectivity index (χ0n) is 14.6. The van der Waals surface area contributed by atoms with E-state index in [-0.39, 0.29) is 29.6 Å². The van der Waals surface area contributed by atoms with Gasteiger partial charge in [-0.25, -0.2) is 13.2 Å². The Morgan fingerprint density at radius 1 is 0.962 bits per heavy atom. The van der Waals surface area contributed by atoms with Crippen LogP contribution in [0, 0.1) is 6.92 Å². The molecule has 0 bridgehead atoms. The second-order valence-electron chi connectivity index (χ2n) is 6.72. The topological polar surface area (TPSA) is 66.9 Å². The summed E-state index contributed by atoms with van der Waals surface area (Å²) in [6.45, 7) is 1.93. The van der Waals surface area contributed by atoms with Crippen LogP contribution >= 0.6 is 0 Å². The van der Waals surface area contributed by atoms with Gasteiger partial charge in [-0.15, -0.1) is 0 Å². The molecule has 2 heterocycles. The molecule has 2 aliphatic heterocycles. The molecule has 0 spiro atoms. The third-order valence-electron chi connectivity index (χ3n) is 5.09. The number of amides is 2. The Balaban J connectivity index is 1.80. The van der Waals surface area contributed by atoms with Gasteiger partial charge in [0.1, 0.15) is 5.75 Å². The summed E-state index contributed by atoms with van der Waals surface area (Å²) in [6.07, 6.45) is 0. The minimum Gasteiger partial charge on any atom is -0.497 e. The molecule has 2 fully saturated rings. The first-order chi connectivity index (χ1) is 12.4. The number of urea groups is 1. The van der Waals surface area contributed by atoms with E-state index in [1.54, 1.807) is 41.2 Å². The molecule has 7 heteroatoms. The average Bonchev–Trinajstić information content (AvgIpc) is 3.05. The summed E-state index contributed by atoms with van der Waals surface area (Å²) in [5, 5.41) is 0. The highest BCUT2D eigenvalue weighted by Crippen LogP contribution is 2.39. The molecule has 0 aromatic heterocycles. The number of nitrogens with zero attached hydrogens (tertiary/aromatic N) is 2. The molecule has 26 heavy (non-hydrogen) atoms. The molecule has 4 rings (SSSR count). The number of para-hydroxylation sites is 1. The van der Waals surface area contributed by atoms with Gasteiger partial charge < -0.3 is 4.74 Å². The molecule has 2 saturated heterocycles. The molecule has 0 radical (unpaired) electrons. The monoisotopic (exact) mass is 372 g/mol. The summed E-state index contributed by atoms with van der Waals surface area (Å²) >= 11 is 0. The van der Waals surface area contributed by atoms with Crippen LogP contribution < -0.4 is 14.5 Å². The van der Waals surface area contributed by atoms with Crippen LogP contribution in [0.1, 0.15) is 5.56 Å². The van der Waals surface area contributed by atoms with Gasteiger partial charge in [0.05, 0.1) is 30.7 Å². The second kappa shape index (κ2) is 6.02. The van der Waals surface area contributed by atoms with E-state index in [1.807, 2.05) is 31.2 Å². The predicted octanol–water partition coefficient (Wildman–Crippen LogP) is 2.62. The first-order valence-corrected chi connectivity index (χ1v) is 10.3. The first-order valence-electron chi connectivity index (χ1n) is 8.44. The van der Waals surface area contributed by atoms with Crippen molar-refractivity contribution in [1.82, 2.24) is 0 Å². The van der Waals surface area contributed by atoms with Crippen molar-refractivity contribution in [2.75, 3.05) is 28.4 Å². The smallest absolute Gasteiger partial charge is 0.329 e. The van der Waals surface area contributed by atoms with Crippen molar-refractivity contribution < 1.29 is 17.9 Å². The number of rotatable bonds is 3. The van der Waals surface area contributed by atoms with Gasteiger partial charge in [0.25, 0.3) is 0 Å². The summed E-state index contributed by atoms with van der Waals surface area (Å²) in [6, 6.07) is 13.7. The third kappa shape index (κ3) is 2.63. The standard InChI is InChI=1S/C19H20N2O4S/c1-13-5-3-4-6-16(13)21-18-12-26(23,24)11-17(18)20(19(21)22)14-7-9-15(25-2)10-8-14/h3-10,17-18H,11-12H2,1-2H3/t17-,18-/m1/s1. The normalized spacial score (nSPS) is 24.0. The van der Waals surface area contributed by atoms with Crippen LogP contribution in [0.2, 0.25) is 0 Å². The summed E-state index contributed by atoms with van der Waals surface area (Å²) < 4.78 is 29.8. The average molecular weight is 372 g/mol. The van der Waals surface area contributed by atoms with Crippen molar-refractivity contribution in [3.05, 3.63) is 54.1 Å². The lowest BCUT2D eigenvalue weighted by Gasteiger charge is -2.24. The van der Waals surface area contributed by atoms with Gasteiger partial charge in [0.15, 0.2) is 9.84 Å². The van der Waals surface area contributed by atoms with Crippen molar-refractivity contribution in [2.45, 2.75) is 19.0 Å². The van der Waals surface area contributed by atoms with Gasteiger partial charge in [-0.3, -0.25) is 9.80 Å². The summed E-state index contributed by atoms with van der Waals surface area (Å²) in [5.41, 5.74) is 2.39. The third-order valence-corrected chi connectivity index (χ3v) is 6.79. The lowest BCUT2D eigenvalue weighted by molar-refractivity contribution is 0.255. The first kappa shape index (κ1) is 16.9. The summed E-state index contributed by atoms with van der Waals surface area (Å²) in [4.78, 5) is 16.5. The molecule has 0 saturated carbocycles. The van der Waals surface area contributed by atoms with Crippen LogP contribution in [0.25, 0.3) is 0 Å². The molecule has 2 amide bonds. The molecule has 2 atom stereocenters. The summed E-state index contributed by atoms with van der Waals surface area (Å²) in [5.74, 6) is 0.661. The molecule has 136 valence electrons. The molecule has 0 N–H and O–H groups in total. The maximum absolute atomic E-state index is 13.3. The lowest BCUT2D eigenvalue weighted by Crippen LogP contribution is -2.38. The SMILES string of the molecule is COc1ccc(N2C(=O)N(c3ccccc3C)[C@@H]3CS(=O)(=O)C[C@H]32)cc1. The van der Waals surface area contributed by atoms with Crippen molar-refractivity contribution in [1.29, 1.82) is 0 Å². The number of hydrogen-bond donors (Lipinski definition) is 0. The molecular formula is C19H20N2O4S. The number of benzene rings is 2. The van der Waals surface area contributed by atoms with E-state index in [9.17, 15) is 13.2 Å². The maximum Gasteiger partial charge on any atom is 0.329 e. The van der Waals surface area contributed by atoms with E-state index >= 15 is 0 Å². The van der Waals surface area contributed by atoms with Crippen LogP contribution in [0.3, 0.4) is 0 Å². The minimum atomic E-state index is -3.20. The summed E-state index contributed by atoms with van der Waals surface area (Å²) in [7, 11) is -1.62. The number of carbonyl (C=O) groups is 1. The Bertz CT molecular complexity index is 956. The number of sulfone groups is 1. The molecule has 2 aromatic carbocycles. The van der Waals surface area contributed by atoms with Gasteiger partial charge >= 0.3 is 6.03 Å². The fraction of sp³-hybridized carbons (Fsp3) is 0.316. The molecule has 0 aliphatic carbocycles. The van der Waals surface area contributed by atoms with Gasteiger partial charge in [0, 0.05) is 11.4 Å². The molecule has 2 aliphatic rings. The van der Waals surface area contributed by atoms with Crippen LogP contribution in [0.15, 0.2) is 48.5 Å². The van der Waals surface area contributed by atoms with E-state index in [4.69, 9.17) is 4.74 Å². The number of carbonyl (C=O) groups excluding carboxylic acids is 1. The number of aryl methyl sites for hydroxylation is 1. The van der Waals surface area contributed by atoms with Gasteiger partial charge in [-0.05, 0) is 42.8 Å². The fourth-order valence-electron chi connectivity index (χ4n) is 3.86. The zero-order chi connectivity index (χ0) is 18.5. The predicted molar refractivity (Wildman–Crippen MR) is 101 cm³/mol. The van der Waals surface area contributed by atoms with E-state index in [1.165, 1.54) is 0 Å². The number of ether oxygens (including phenoxy) is 1. The van der Waals surface area contributed by atoms with Gasteiger partial charge in [-0.2, -0.15) is 0 Å². The highest BCUT2D eigenvalue weighted by atomic mass is 32.2. The minimum absolute atomic E-state index is 0.00953. The quantitative estimate of drug-likeness (QED) is 0.777. The Hall–Kier alpha value is -2.54. The van der Waals surface area contributed by atoms with Crippen LogP contribution in [0.5, 0.6) is 5.75 Å². The van der Waals surface area contributed by atoms with Crippen LogP contribution in [-0.2, 0) is 9.84 Å². The van der Waals surface area contributed by atoms with Crippen LogP contribution in [-0.4, -0.2) is 45.1 Å². The Morgan fingerprint density at radius 3 is 2.19 bits per heavy atom.